The Kier molecular flexibility index (Phi) is 82.5. The van der Waals surface area contributed by atoms with Gasteiger partial charge in [0, 0.05) is 15.3 Å². The average molecular weight is 159 g/mol. The molecule has 3 radical (unpaired) electrons. The second-order valence-corrected chi connectivity index (χ2v) is 0.925. The van der Waals surface area contributed by atoms with E-state index in [1.807, 2.05) is 0 Å². The zero-order valence-corrected chi connectivity index (χ0v) is 5.83. The summed E-state index contributed by atoms with van der Waals surface area (Å²) in [6.45, 7) is 3.65. The summed E-state index contributed by atoms with van der Waals surface area (Å²) in [7, 11) is 0. The maximum atomic E-state index is 9.82. The van der Waals surface area contributed by atoms with E-state index in [2.05, 4.69) is 4.74 Å². The summed E-state index contributed by atoms with van der Waals surface area (Å²) in [6.07, 6.45) is 0. The molecule has 63 valence electrons. The number of esters is 1. The van der Waals surface area contributed by atoms with Gasteiger partial charge in [0.1, 0.15) is 0 Å². The summed E-state index contributed by atoms with van der Waals surface area (Å²) in [6, 6.07) is 0. The fourth-order valence-electron chi connectivity index (χ4n) is 0.203. The number of carbonyl (C=O) groups excluding carboxylic acids is 1. The van der Waals surface area contributed by atoms with Crippen LogP contribution in [0.2, 0.25) is 0 Å². The van der Waals surface area contributed by atoms with Crippen LogP contribution in [0.5, 0.6) is 0 Å². The highest BCUT2D eigenvalue weighted by Gasteiger charge is 1.81. The van der Waals surface area contributed by atoms with E-state index in [9.17, 15) is 4.79 Å². The van der Waals surface area contributed by atoms with E-state index >= 15 is 0 Å². The van der Waals surface area contributed by atoms with E-state index < -0.39 is 0 Å². The van der Waals surface area contributed by atoms with E-state index in [0.717, 1.165) is 0 Å². The maximum Gasteiger partial charge on any atom is 0.302 e. The molecule has 10 heavy (non-hydrogen) atoms. The van der Waals surface area contributed by atoms with Gasteiger partial charge in [-0.05, 0) is 6.92 Å². The largest absolute Gasteiger partial charge is 0.466 e. The molecule has 6 heteroatoms. The van der Waals surface area contributed by atoms with Crippen LogP contribution in [0.15, 0.2) is 0 Å². The molecule has 0 amide bonds. The third kappa shape index (κ3) is 54.2. The molecule has 0 aliphatic rings. The minimum atomic E-state index is -0.211. The highest BCUT2D eigenvalue weighted by Crippen LogP contribution is 1.69. The highest BCUT2D eigenvalue weighted by atomic mass is 19.0. The molecule has 0 unspecified atom stereocenters. The molecule has 0 heterocycles. The van der Waals surface area contributed by atoms with Crippen molar-refractivity contribution in [3.05, 3.63) is 0 Å². The van der Waals surface area contributed by atoms with Crippen molar-refractivity contribution < 1.29 is 23.6 Å². The van der Waals surface area contributed by atoms with Crippen LogP contribution in [0.3, 0.4) is 0 Å². The number of hydrogen-bond acceptors (Lipinski definition) is 2. The van der Waals surface area contributed by atoms with E-state index in [1.54, 1.807) is 6.92 Å². The Morgan fingerprint density at radius 3 is 1.60 bits per heavy atom. The molecule has 2 nitrogen and oxygen atoms in total. The molecule has 0 rings (SSSR count). The molecule has 0 aliphatic heterocycles. The third-order valence-electron chi connectivity index (χ3n) is 0.348. The first kappa shape index (κ1) is 34.6. The fourth-order valence-corrected chi connectivity index (χ4v) is 0.203. The smallest absolute Gasteiger partial charge is 0.302 e. The van der Waals surface area contributed by atoms with Gasteiger partial charge in [0.2, 0.25) is 0 Å². The van der Waals surface area contributed by atoms with Gasteiger partial charge >= 0.3 is 5.97 Å². The molecule has 0 saturated carbocycles. The molecule has 0 aliphatic carbocycles. The third-order valence-corrected chi connectivity index (χ3v) is 0.348. The van der Waals surface area contributed by atoms with Crippen molar-refractivity contribution in [1.82, 2.24) is 0 Å². The first-order valence-corrected chi connectivity index (χ1v) is 1.90. The normalized spacial score (nSPS) is 4.60. The summed E-state index contributed by atoms with van der Waals surface area (Å²) in [4.78, 5) is 9.82. The van der Waals surface area contributed by atoms with Crippen molar-refractivity contribution in [2.24, 2.45) is 0 Å². The van der Waals surface area contributed by atoms with Crippen LogP contribution in [0.4, 0.5) is 14.1 Å². The van der Waals surface area contributed by atoms with Gasteiger partial charge in [-0.1, -0.05) is 0 Å². The van der Waals surface area contributed by atoms with Crippen molar-refractivity contribution in [1.29, 1.82) is 0 Å². The lowest BCUT2D eigenvalue weighted by atomic mass is 10.8. The van der Waals surface area contributed by atoms with Crippen LogP contribution in [-0.4, -0.2) is 21.0 Å². The highest BCUT2D eigenvalue weighted by molar-refractivity contribution is 5.75. The summed E-state index contributed by atoms with van der Waals surface area (Å²) < 4.78 is 4.40. The molecule has 0 aromatic carbocycles. The van der Waals surface area contributed by atoms with Gasteiger partial charge in [-0.15, -0.1) is 0 Å². The topological polar surface area (TPSA) is 26.3 Å². The zero-order chi connectivity index (χ0) is 4.99. The van der Waals surface area contributed by atoms with Gasteiger partial charge in [-0.3, -0.25) is 18.9 Å². The van der Waals surface area contributed by atoms with E-state index in [0.29, 0.717) is 6.61 Å². The molecule has 0 atom stereocenters. The van der Waals surface area contributed by atoms with Gasteiger partial charge < -0.3 is 4.74 Å². The summed E-state index contributed by atoms with van der Waals surface area (Å²) in [5.41, 5.74) is 0. The fraction of sp³-hybridized carbons (Fsp3) is 0.750. The van der Waals surface area contributed by atoms with Crippen LogP contribution >= 0.6 is 0 Å². The minimum absolute atomic E-state index is 0. The lowest BCUT2D eigenvalue weighted by Crippen LogP contribution is -1.95. The second kappa shape index (κ2) is 23.9. The van der Waals surface area contributed by atoms with Crippen molar-refractivity contribution in [2.45, 2.75) is 13.8 Å². The monoisotopic (exact) mass is 159 g/mol. The number of ether oxygens (including phenoxy) is 1. The van der Waals surface area contributed by atoms with E-state index in [1.165, 1.54) is 6.92 Å². The Labute approximate surface area is 59.6 Å². The Hall–Kier alpha value is -0.675. The van der Waals surface area contributed by atoms with Crippen molar-refractivity contribution >= 4 is 14.4 Å². The average Bonchev–Trinajstić information content (AvgIpc) is 1.35. The van der Waals surface area contributed by atoms with Crippen LogP contribution < -0.4 is 0 Å². The number of halogens is 3. The van der Waals surface area contributed by atoms with Gasteiger partial charge in [-0.25, -0.2) is 0 Å². The molecule has 0 fully saturated rings. The predicted octanol–water partition coefficient (Wildman–Crippen LogP) is 0.646. The first-order valence-electron chi connectivity index (χ1n) is 1.90. The first-order chi connectivity index (χ1) is 2.77. The summed E-state index contributed by atoms with van der Waals surface area (Å²) in [5, 5.41) is 0. The Balaban J connectivity index is -0.0000000208. The van der Waals surface area contributed by atoms with E-state index in [4.69, 9.17) is 0 Å². The van der Waals surface area contributed by atoms with Gasteiger partial charge in [0.25, 0.3) is 0 Å². The standard InChI is InChI=1S/C4H8O2.B.3FH/c1-3-6-4(2)5;;;;/h3H2,1-2H3;;3*1H. The zero-order valence-electron chi connectivity index (χ0n) is 5.83. The maximum absolute atomic E-state index is 9.82. The van der Waals surface area contributed by atoms with E-state index in [-0.39, 0.29) is 28.5 Å². The molecular formula is C4H11BF3O2. The molecule has 0 bridgehead atoms. The summed E-state index contributed by atoms with van der Waals surface area (Å²) in [5.74, 6) is -0.211. The number of hydrogen-bond donors (Lipinski definition) is 0. The SMILES string of the molecule is CCOC(C)=O.F.F.F.[B]. The van der Waals surface area contributed by atoms with Gasteiger partial charge in [0.05, 0.1) is 6.61 Å². The minimum Gasteiger partial charge on any atom is -0.466 e. The van der Waals surface area contributed by atoms with Gasteiger partial charge in [-0.2, -0.15) is 0 Å². The van der Waals surface area contributed by atoms with Crippen LogP contribution in [0.1, 0.15) is 13.8 Å². The Bertz CT molecular complexity index is 62.5. The lowest BCUT2D eigenvalue weighted by molar-refractivity contribution is -0.140. The molecule has 0 aromatic heterocycles. The molecule has 0 saturated heterocycles. The van der Waals surface area contributed by atoms with Crippen molar-refractivity contribution in [3.8, 4) is 0 Å². The van der Waals surface area contributed by atoms with Crippen LogP contribution in [0, 0.1) is 0 Å². The lowest BCUT2D eigenvalue weighted by Gasteiger charge is -1.89. The summed E-state index contributed by atoms with van der Waals surface area (Å²) >= 11 is 0. The molecule has 0 N–H and O–H groups in total. The quantitative estimate of drug-likeness (QED) is 0.414. The Morgan fingerprint density at radius 1 is 1.30 bits per heavy atom. The number of rotatable bonds is 1. The van der Waals surface area contributed by atoms with Crippen LogP contribution in [0.25, 0.3) is 0 Å². The number of carbonyl (C=O) groups is 1. The Morgan fingerprint density at radius 2 is 1.60 bits per heavy atom. The van der Waals surface area contributed by atoms with Gasteiger partial charge in [0.15, 0.2) is 0 Å². The predicted molar refractivity (Wildman–Crippen MR) is 35.6 cm³/mol. The second-order valence-electron chi connectivity index (χ2n) is 0.925. The van der Waals surface area contributed by atoms with Crippen molar-refractivity contribution in [3.63, 3.8) is 0 Å². The van der Waals surface area contributed by atoms with Crippen LogP contribution in [-0.2, 0) is 9.53 Å². The molecule has 0 spiro atoms. The molecular weight excluding hydrogens is 148 g/mol. The van der Waals surface area contributed by atoms with Crippen molar-refractivity contribution in [2.75, 3.05) is 6.61 Å². The molecule has 0 aromatic rings.